The highest BCUT2D eigenvalue weighted by Gasteiger charge is 2.32. The van der Waals surface area contributed by atoms with E-state index in [1.54, 1.807) is 24.5 Å². The third kappa shape index (κ3) is 9.03. The van der Waals surface area contributed by atoms with E-state index >= 15 is 8.78 Å². The molecule has 2 aliphatic heterocycles. The maximum absolute atomic E-state index is 15.2. The van der Waals surface area contributed by atoms with Crippen LogP contribution in [-0.2, 0) is 16.0 Å². The summed E-state index contributed by atoms with van der Waals surface area (Å²) >= 11 is 0. The average molecular weight is 703 g/mol. The quantitative estimate of drug-likeness (QED) is 0.129. The molecule has 6 heterocycles. The Hall–Kier alpha value is -4.56. The van der Waals surface area contributed by atoms with Crippen LogP contribution in [0, 0.1) is 35.8 Å². The molecule has 51 heavy (non-hydrogen) atoms. The number of nitrogens with one attached hydrogen (secondary N) is 4. The van der Waals surface area contributed by atoms with E-state index in [0.717, 1.165) is 63.5 Å². The van der Waals surface area contributed by atoms with E-state index in [4.69, 9.17) is 0 Å². The fourth-order valence-corrected chi connectivity index (χ4v) is 6.89. The minimum Gasteiger partial charge on any atom is -0.307 e. The van der Waals surface area contributed by atoms with Crippen molar-refractivity contribution in [3.63, 3.8) is 0 Å². The summed E-state index contributed by atoms with van der Waals surface area (Å²) in [6.07, 6.45) is 8.28. The van der Waals surface area contributed by atoms with Gasteiger partial charge in [-0.05, 0) is 101 Å². The largest absolute Gasteiger partial charge is 0.307 e. The summed E-state index contributed by atoms with van der Waals surface area (Å²) in [5, 5.41) is 18.7. The molecule has 14 heteroatoms. The number of halogens is 2. The normalized spacial score (nSPS) is 17.6. The van der Waals surface area contributed by atoms with E-state index in [-0.39, 0.29) is 40.8 Å². The molecule has 0 spiro atoms. The van der Waals surface area contributed by atoms with Crippen LogP contribution < -0.4 is 10.6 Å². The van der Waals surface area contributed by atoms with Crippen molar-refractivity contribution in [2.45, 2.75) is 66.2 Å². The van der Waals surface area contributed by atoms with E-state index in [9.17, 15) is 9.59 Å². The molecule has 4 aromatic heterocycles. The van der Waals surface area contributed by atoms with Gasteiger partial charge in [0, 0.05) is 59.8 Å². The summed E-state index contributed by atoms with van der Waals surface area (Å²) in [5.41, 5.74) is 2.45. The van der Waals surface area contributed by atoms with Crippen molar-refractivity contribution < 1.29 is 18.4 Å². The van der Waals surface area contributed by atoms with Gasteiger partial charge < -0.3 is 20.4 Å². The lowest BCUT2D eigenvalue weighted by atomic mass is 9.88. The van der Waals surface area contributed by atoms with E-state index in [2.05, 4.69) is 50.8 Å². The van der Waals surface area contributed by atoms with Gasteiger partial charge >= 0.3 is 0 Å². The summed E-state index contributed by atoms with van der Waals surface area (Å²) < 4.78 is 30.3. The molecule has 4 N–H and O–H groups in total. The second kappa shape index (κ2) is 15.8. The van der Waals surface area contributed by atoms with Crippen molar-refractivity contribution >= 4 is 23.5 Å². The smallest absolute Gasteiger partial charge is 0.231 e. The molecule has 0 bridgehead atoms. The number of carbonyl (C=O) groups excluding carboxylic acids is 2. The summed E-state index contributed by atoms with van der Waals surface area (Å²) in [4.78, 5) is 39.2. The minimum atomic E-state index is -0.747. The number of rotatable bonds is 14. The van der Waals surface area contributed by atoms with E-state index < -0.39 is 17.0 Å². The first-order valence-corrected chi connectivity index (χ1v) is 17.9. The van der Waals surface area contributed by atoms with Gasteiger partial charge in [0.15, 0.2) is 23.3 Å². The highest BCUT2D eigenvalue weighted by molar-refractivity contribution is 5.94. The van der Waals surface area contributed by atoms with Gasteiger partial charge in [0.25, 0.3) is 0 Å². The first-order valence-electron chi connectivity index (χ1n) is 17.9. The number of anilines is 2. The Labute approximate surface area is 297 Å². The second-order valence-corrected chi connectivity index (χ2v) is 14.9. The molecule has 272 valence electrons. The van der Waals surface area contributed by atoms with Gasteiger partial charge in [-0.1, -0.05) is 20.8 Å². The molecule has 4 aromatic rings. The van der Waals surface area contributed by atoms with Crippen LogP contribution in [0.25, 0.3) is 22.5 Å². The molecular formula is C37H48F2N10O2. The highest BCUT2D eigenvalue weighted by atomic mass is 19.1. The van der Waals surface area contributed by atoms with Gasteiger partial charge in [-0.25, -0.2) is 8.78 Å². The molecule has 2 amide bonds. The van der Waals surface area contributed by atoms with Gasteiger partial charge in [0.05, 0.1) is 0 Å². The molecule has 0 saturated carbocycles. The third-order valence-electron chi connectivity index (χ3n) is 10.1. The predicted octanol–water partition coefficient (Wildman–Crippen LogP) is 5.82. The van der Waals surface area contributed by atoms with Crippen molar-refractivity contribution in [3.8, 4) is 22.5 Å². The topological polar surface area (TPSA) is 148 Å². The van der Waals surface area contributed by atoms with E-state index in [0.29, 0.717) is 29.9 Å². The monoisotopic (exact) mass is 702 g/mol. The zero-order chi connectivity index (χ0) is 36.1. The molecule has 2 fully saturated rings. The molecule has 2 saturated heterocycles. The Bertz CT molecular complexity index is 1800. The highest BCUT2D eigenvalue weighted by Crippen LogP contribution is 2.30. The van der Waals surface area contributed by atoms with Crippen LogP contribution in [0.5, 0.6) is 0 Å². The number of aryl methyl sites for hydroxylation is 1. The fraction of sp³-hybridized carbons (Fsp3) is 0.514. The zero-order valence-electron chi connectivity index (χ0n) is 29.9. The number of H-pyrrole nitrogens is 2. The number of nitrogens with zero attached hydrogens (tertiary/aromatic N) is 6. The Morgan fingerprint density at radius 2 is 1.57 bits per heavy atom. The number of aromatic nitrogens is 6. The van der Waals surface area contributed by atoms with Gasteiger partial charge in [-0.15, -0.1) is 0 Å². The van der Waals surface area contributed by atoms with E-state index in [1.165, 1.54) is 12.8 Å². The lowest BCUT2D eigenvalue weighted by Crippen LogP contribution is -2.35. The van der Waals surface area contributed by atoms with Crippen molar-refractivity contribution in [2.24, 2.45) is 17.3 Å². The Balaban J connectivity index is 0.948. The number of hydrogen-bond donors (Lipinski definition) is 4. The summed E-state index contributed by atoms with van der Waals surface area (Å²) in [6.45, 7) is 13.1. The SMILES string of the molecule is Cc1ccc(-c2[nH]nc(NC(=O)C(C)(C)CCN3CCC(Cc4ccc(-c5[nH]nc(NC(=O)CC(C)CN6CCCC6)c5F)cn4)C3)c2F)cn1. The van der Waals surface area contributed by atoms with Gasteiger partial charge in [0.1, 0.15) is 11.4 Å². The van der Waals surface area contributed by atoms with Gasteiger partial charge in [-0.3, -0.25) is 29.8 Å². The lowest BCUT2D eigenvalue weighted by Gasteiger charge is -2.26. The molecule has 0 aromatic carbocycles. The van der Waals surface area contributed by atoms with Gasteiger partial charge in [-0.2, -0.15) is 10.2 Å². The number of likely N-dealkylation sites (tertiary alicyclic amines) is 2. The molecule has 2 aliphatic rings. The Kier molecular flexibility index (Phi) is 11.2. The fourth-order valence-electron chi connectivity index (χ4n) is 6.89. The number of pyridine rings is 2. The van der Waals surface area contributed by atoms with Crippen molar-refractivity contribution in [2.75, 3.05) is 49.9 Å². The predicted molar refractivity (Wildman–Crippen MR) is 192 cm³/mol. The molecule has 2 unspecified atom stereocenters. The van der Waals surface area contributed by atoms with Crippen LogP contribution in [0.15, 0.2) is 36.7 Å². The molecule has 0 aliphatic carbocycles. The van der Waals surface area contributed by atoms with Crippen LogP contribution in [0.4, 0.5) is 20.4 Å². The summed E-state index contributed by atoms with van der Waals surface area (Å²) in [5.74, 6) is -1.43. The minimum absolute atomic E-state index is 0.0996. The number of aromatic amines is 2. The van der Waals surface area contributed by atoms with Crippen molar-refractivity contribution in [1.82, 2.24) is 40.2 Å². The standard InChI is InChI=1S/C37H48F2N10O2/c1-23(21-48-13-5-6-14-48)17-29(50)42-34-30(38)33(44-46-34)27-9-10-28(41-20-27)18-25-11-15-49(22-25)16-12-37(3,4)36(51)43-35-31(39)32(45-47-35)26-8-7-24(2)40-19-26/h7-10,19-20,23,25H,5-6,11-18,21-22H2,1-4H3,(H2,42,44,46,50)(H2,43,45,47,51). The van der Waals surface area contributed by atoms with Crippen LogP contribution >= 0.6 is 0 Å². The number of amides is 2. The van der Waals surface area contributed by atoms with Crippen LogP contribution in [0.3, 0.4) is 0 Å². The van der Waals surface area contributed by atoms with Crippen LogP contribution in [0.2, 0.25) is 0 Å². The maximum Gasteiger partial charge on any atom is 0.231 e. The molecule has 6 rings (SSSR count). The Morgan fingerprint density at radius 3 is 2.20 bits per heavy atom. The number of hydrogen-bond acceptors (Lipinski definition) is 8. The molecule has 0 radical (unpaired) electrons. The first-order chi connectivity index (χ1) is 24.4. The third-order valence-corrected chi connectivity index (χ3v) is 10.1. The van der Waals surface area contributed by atoms with Crippen LogP contribution in [-0.4, -0.2) is 91.2 Å². The Morgan fingerprint density at radius 1 is 0.922 bits per heavy atom. The molecular weight excluding hydrogens is 654 g/mol. The summed E-state index contributed by atoms with van der Waals surface area (Å²) in [7, 11) is 0. The van der Waals surface area contributed by atoms with Crippen molar-refractivity contribution in [3.05, 3.63) is 59.7 Å². The average Bonchev–Trinajstić information content (AvgIpc) is 3.92. The maximum atomic E-state index is 15.2. The molecule has 12 nitrogen and oxygen atoms in total. The second-order valence-electron chi connectivity index (χ2n) is 14.9. The van der Waals surface area contributed by atoms with E-state index in [1.807, 2.05) is 39.8 Å². The molecule has 2 atom stereocenters. The van der Waals surface area contributed by atoms with Crippen LogP contribution in [0.1, 0.15) is 64.3 Å². The summed E-state index contributed by atoms with van der Waals surface area (Å²) in [6, 6.07) is 7.26. The van der Waals surface area contributed by atoms with Crippen molar-refractivity contribution in [1.29, 1.82) is 0 Å². The van der Waals surface area contributed by atoms with Gasteiger partial charge in [0.2, 0.25) is 11.8 Å². The zero-order valence-corrected chi connectivity index (χ0v) is 29.9. The first kappa shape index (κ1) is 36.2. The lowest BCUT2D eigenvalue weighted by molar-refractivity contribution is -0.124. The number of carbonyl (C=O) groups is 2.